The maximum Gasteiger partial charge on any atom is 0.337 e. The van der Waals surface area contributed by atoms with Gasteiger partial charge in [0, 0.05) is 18.1 Å². The molecule has 0 saturated carbocycles. The average Bonchev–Trinajstić information content (AvgIpc) is 2.74. The van der Waals surface area contributed by atoms with Gasteiger partial charge in [0.1, 0.15) is 0 Å². The lowest BCUT2D eigenvalue weighted by Gasteiger charge is -2.07. The standard InChI is InChI=1S/C16H22N2O2/c1-3-4-7-18-10-12(5-6-17)13-8-11(2)9-14(15(13)18)16(19)20/h8-10H,3-7,17H2,1-2H3,(H,19,20). The van der Waals surface area contributed by atoms with E-state index in [4.69, 9.17) is 5.73 Å². The summed E-state index contributed by atoms with van der Waals surface area (Å²) in [7, 11) is 0. The zero-order valence-corrected chi connectivity index (χ0v) is 12.1. The number of aromatic nitrogens is 1. The van der Waals surface area contributed by atoms with Crippen molar-refractivity contribution in [2.75, 3.05) is 6.54 Å². The van der Waals surface area contributed by atoms with Crippen LogP contribution in [0.25, 0.3) is 10.9 Å². The Balaban J connectivity index is 2.68. The number of aryl methyl sites for hydroxylation is 2. The van der Waals surface area contributed by atoms with Crippen LogP contribution < -0.4 is 5.73 Å². The highest BCUT2D eigenvalue weighted by atomic mass is 16.4. The second-order valence-electron chi connectivity index (χ2n) is 5.25. The summed E-state index contributed by atoms with van der Waals surface area (Å²) in [4.78, 5) is 11.5. The van der Waals surface area contributed by atoms with Gasteiger partial charge in [-0.1, -0.05) is 13.3 Å². The molecular formula is C16H22N2O2. The first-order valence-corrected chi connectivity index (χ1v) is 7.14. The van der Waals surface area contributed by atoms with Crippen LogP contribution in [0.4, 0.5) is 0 Å². The number of benzene rings is 1. The third-order valence-corrected chi connectivity index (χ3v) is 3.60. The molecule has 0 amide bonds. The van der Waals surface area contributed by atoms with Crippen LogP contribution in [0.5, 0.6) is 0 Å². The van der Waals surface area contributed by atoms with E-state index < -0.39 is 5.97 Å². The summed E-state index contributed by atoms with van der Waals surface area (Å²) in [6, 6.07) is 3.81. The van der Waals surface area contributed by atoms with Gasteiger partial charge in [-0.25, -0.2) is 4.79 Å². The molecule has 20 heavy (non-hydrogen) atoms. The van der Waals surface area contributed by atoms with E-state index in [0.717, 1.165) is 47.8 Å². The molecular weight excluding hydrogens is 252 g/mol. The van der Waals surface area contributed by atoms with Crippen LogP contribution in [0.2, 0.25) is 0 Å². The minimum atomic E-state index is -0.867. The normalized spacial score (nSPS) is 11.2. The van der Waals surface area contributed by atoms with Gasteiger partial charge in [0.15, 0.2) is 0 Å². The summed E-state index contributed by atoms with van der Waals surface area (Å²) in [6.45, 7) is 5.49. The molecule has 1 aromatic heterocycles. The van der Waals surface area contributed by atoms with E-state index in [-0.39, 0.29) is 0 Å². The Morgan fingerprint density at radius 1 is 1.40 bits per heavy atom. The third kappa shape index (κ3) is 2.70. The second-order valence-corrected chi connectivity index (χ2v) is 5.25. The van der Waals surface area contributed by atoms with Gasteiger partial charge in [-0.05, 0) is 49.6 Å². The van der Waals surface area contributed by atoms with E-state index in [0.29, 0.717) is 12.1 Å². The van der Waals surface area contributed by atoms with E-state index in [9.17, 15) is 9.90 Å². The molecule has 0 fully saturated rings. The fourth-order valence-electron chi connectivity index (χ4n) is 2.68. The number of aromatic carboxylic acids is 1. The lowest BCUT2D eigenvalue weighted by atomic mass is 10.0. The van der Waals surface area contributed by atoms with Crippen molar-refractivity contribution >= 4 is 16.9 Å². The van der Waals surface area contributed by atoms with E-state index in [2.05, 4.69) is 23.8 Å². The van der Waals surface area contributed by atoms with E-state index in [1.165, 1.54) is 0 Å². The molecule has 2 rings (SSSR count). The molecule has 0 aliphatic rings. The summed E-state index contributed by atoms with van der Waals surface area (Å²) >= 11 is 0. The molecule has 3 N–H and O–H groups in total. The van der Waals surface area contributed by atoms with E-state index in [1.54, 1.807) is 6.07 Å². The number of carboxylic acid groups (broad SMARTS) is 1. The van der Waals surface area contributed by atoms with Crippen LogP contribution >= 0.6 is 0 Å². The van der Waals surface area contributed by atoms with Crippen molar-refractivity contribution in [3.05, 3.63) is 35.0 Å². The van der Waals surface area contributed by atoms with Gasteiger partial charge in [-0.3, -0.25) is 0 Å². The van der Waals surface area contributed by atoms with Gasteiger partial charge in [0.2, 0.25) is 0 Å². The Morgan fingerprint density at radius 2 is 2.15 bits per heavy atom. The van der Waals surface area contributed by atoms with Crippen molar-refractivity contribution in [2.24, 2.45) is 5.73 Å². The third-order valence-electron chi connectivity index (χ3n) is 3.60. The Bertz CT molecular complexity index is 629. The minimum absolute atomic E-state index is 0.388. The molecule has 108 valence electrons. The zero-order chi connectivity index (χ0) is 14.7. The number of nitrogens with zero attached hydrogens (tertiary/aromatic N) is 1. The highest BCUT2D eigenvalue weighted by Crippen LogP contribution is 2.27. The number of nitrogens with two attached hydrogens (primary N) is 1. The molecule has 1 heterocycles. The highest BCUT2D eigenvalue weighted by Gasteiger charge is 2.16. The van der Waals surface area contributed by atoms with Gasteiger partial charge in [0.05, 0.1) is 11.1 Å². The number of unbranched alkanes of at least 4 members (excludes halogenated alkanes) is 1. The maximum atomic E-state index is 11.5. The van der Waals surface area contributed by atoms with Crippen molar-refractivity contribution < 1.29 is 9.90 Å². The predicted molar refractivity (Wildman–Crippen MR) is 81.3 cm³/mol. The topological polar surface area (TPSA) is 68.2 Å². The lowest BCUT2D eigenvalue weighted by molar-refractivity contribution is 0.0698. The summed E-state index contributed by atoms with van der Waals surface area (Å²) in [5, 5.41) is 10.5. The second kappa shape index (κ2) is 6.09. The number of fused-ring (bicyclic) bond motifs is 1. The number of carboxylic acids is 1. The van der Waals surface area contributed by atoms with Crippen molar-refractivity contribution in [3.8, 4) is 0 Å². The van der Waals surface area contributed by atoms with Crippen molar-refractivity contribution in [1.29, 1.82) is 0 Å². The molecule has 0 atom stereocenters. The Morgan fingerprint density at radius 3 is 2.75 bits per heavy atom. The lowest BCUT2D eigenvalue weighted by Crippen LogP contribution is -2.03. The summed E-state index contributed by atoms with van der Waals surface area (Å²) in [6.07, 6.45) is 4.97. The molecule has 0 aliphatic heterocycles. The van der Waals surface area contributed by atoms with Crippen LogP contribution in [-0.2, 0) is 13.0 Å². The maximum absolute atomic E-state index is 11.5. The largest absolute Gasteiger partial charge is 0.478 e. The molecule has 1 aromatic carbocycles. The zero-order valence-electron chi connectivity index (χ0n) is 12.1. The predicted octanol–water partition coefficient (Wildman–Crippen LogP) is 2.95. The summed E-state index contributed by atoms with van der Waals surface area (Å²) in [5.74, 6) is -0.867. The minimum Gasteiger partial charge on any atom is -0.478 e. The fourth-order valence-corrected chi connectivity index (χ4v) is 2.68. The molecule has 2 aromatic rings. The van der Waals surface area contributed by atoms with Crippen LogP contribution in [-0.4, -0.2) is 22.2 Å². The van der Waals surface area contributed by atoms with Gasteiger partial charge < -0.3 is 15.4 Å². The molecule has 0 bridgehead atoms. The molecule has 0 aliphatic carbocycles. The van der Waals surface area contributed by atoms with Crippen molar-refractivity contribution in [1.82, 2.24) is 4.57 Å². The summed E-state index contributed by atoms with van der Waals surface area (Å²) in [5.41, 5.74) is 9.01. The van der Waals surface area contributed by atoms with E-state index in [1.807, 2.05) is 6.92 Å². The molecule has 4 heteroatoms. The van der Waals surface area contributed by atoms with Gasteiger partial charge >= 0.3 is 5.97 Å². The Kier molecular flexibility index (Phi) is 4.45. The van der Waals surface area contributed by atoms with E-state index >= 15 is 0 Å². The SMILES string of the molecule is CCCCn1cc(CCN)c2cc(C)cc(C(=O)O)c21. The van der Waals surface area contributed by atoms with Gasteiger partial charge in [-0.15, -0.1) is 0 Å². The van der Waals surface area contributed by atoms with Crippen LogP contribution in [0.1, 0.15) is 41.3 Å². The first kappa shape index (κ1) is 14.6. The number of hydrogen-bond donors (Lipinski definition) is 2. The highest BCUT2D eigenvalue weighted by molar-refractivity contribution is 6.03. The summed E-state index contributed by atoms with van der Waals surface area (Å²) < 4.78 is 2.08. The number of rotatable bonds is 6. The number of hydrogen-bond acceptors (Lipinski definition) is 2. The molecule has 4 nitrogen and oxygen atoms in total. The molecule has 0 spiro atoms. The van der Waals surface area contributed by atoms with Crippen molar-refractivity contribution in [2.45, 2.75) is 39.7 Å². The van der Waals surface area contributed by atoms with Crippen LogP contribution in [0.15, 0.2) is 18.3 Å². The smallest absolute Gasteiger partial charge is 0.337 e. The van der Waals surface area contributed by atoms with Gasteiger partial charge in [-0.2, -0.15) is 0 Å². The quantitative estimate of drug-likeness (QED) is 0.851. The Hall–Kier alpha value is -1.81. The Labute approximate surface area is 119 Å². The number of carbonyl (C=O) groups is 1. The first-order chi connectivity index (χ1) is 9.58. The van der Waals surface area contributed by atoms with Crippen molar-refractivity contribution in [3.63, 3.8) is 0 Å². The monoisotopic (exact) mass is 274 g/mol. The fraction of sp³-hybridized carbons (Fsp3) is 0.438. The molecule has 0 saturated heterocycles. The molecule has 0 radical (unpaired) electrons. The molecule has 0 unspecified atom stereocenters. The van der Waals surface area contributed by atoms with Crippen LogP contribution in [0, 0.1) is 6.92 Å². The average molecular weight is 274 g/mol. The van der Waals surface area contributed by atoms with Gasteiger partial charge in [0.25, 0.3) is 0 Å². The first-order valence-electron chi connectivity index (χ1n) is 7.14. The van der Waals surface area contributed by atoms with Crippen LogP contribution in [0.3, 0.4) is 0 Å².